The van der Waals surface area contributed by atoms with E-state index in [4.69, 9.17) is 9.47 Å². The summed E-state index contributed by atoms with van der Waals surface area (Å²) in [5.41, 5.74) is -0.0571. The summed E-state index contributed by atoms with van der Waals surface area (Å²) in [6.07, 6.45) is 0.983. The molecule has 2 heterocycles. The number of nitrogens with one attached hydrogen (secondary N) is 1. The Morgan fingerprint density at radius 2 is 2.33 bits per heavy atom. The number of methoxy groups -OCH3 is 1. The van der Waals surface area contributed by atoms with E-state index in [-0.39, 0.29) is 5.54 Å². The third kappa shape index (κ3) is 3.26. The van der Waals surface area contributed by atoms with Gasteiger partial charge in [-0.1, -0.05) is 25.2 Å². The van der Waals surface area contributed by atoms with E-state index in [2.05, 4.69) is 29.4 Å². The summed E-state index contributed by atoms with van der Waals surface area (Å²) in [5, 5.41) is 14.1. The first-order valence-corrected chi connectivity index (χ1v) is 7.11. The molecule has 1 aromatic heterocycles. The molecule has 0 spiro atoms. The van der Waals surface area contributed by atoms with Crippen molar-refractivity contribution in [3.8, 4) is 0 Å². The Bertz CT molecular complexity index is 375. The largest absolute Gasteiger partial charge is 0.383 e. The van der Waals surface area contributed by atoms with Gasteiger partial charge in [-0.25, -0.2) is 0 Å². The molecule has 0 aliphatic carbocycles. The molecule has 1 fully saturated rings. The molecule has 0 saturated carbocycles. The third-order valence-electron chi connectivity index (χ3n) is 3.11. The van der Waals surface area contributed by atoms with E-state index in [0.717, 1.165) is 29.6 Å². The van der Waals surface area contributed by atoms with Crippen molar-refractivity contribution in [3.63, 3.8) is 0 Å². The van der Waals surface area contributed by atoms with Gasteiger partial charge in [0.05, 0.1) is 25.3 Å². The fourth-order valence-electron chi connectivity index (χ4n) is 2.02. The zero-order valence-electron chi connectivity index (χ0n) is 11.2. The highest BCUT2D eigenvalue weighted by molar-refractivity contribution is 7.11. The Labute approximate surface area is 112 Å². The zero-order valence-corrected chi connectivity index (χ0v) is 12.0. The number of ether oxygens (including phenoxy) is 2. The van der Waals surface area contributed by atoms with E-state index in [1.807, 2.05) is 0 Å². The highest BCUT2D eigenvalue weighted by Crippen LogP contribution is 2.22. The third-order valence-corrected chi connectivity index (χ3v) is 4.34. The van der Waals surface area contributed by atoms with Gasteiger partial charge in [0.25, 0.3) is 0 Å². The maximum absolute atomic E-state index is 5.47. The van der Waals surface area contributed by atoms with Gasteiger partial charge in [-0.3, -0.25) is 0 Å². The lowest BCUT2D eigenvalue weighted by Gasteiger charge is -2.27. The lowest BCUT2D eigenvalue weighted by Crippen LogP contribution is -2.49. The summed E-state index contributed by atoms with van der Waals surface area (Å²) in [7, 11) is 1.73. The highest BCUT2D eigenvalue weighted by Gasteiger charge is 2.34. The number of hydrogen-bond donors (Lipinski definition) is 1. The second kappa shape index (κ2) is 6.06. The molecular weight excluding hydrogens is 250 g/mol. The summed E-state index contributed by atoms with van der Waals surface area (Å²) in [6.45, 7) is 7.17. The zero-order chi connectivity index (χ0) is 13.0. The van der Waals surface area contributed by atoms with Gasteiger partial charge in [0.2, 0.25) is 0 Å². The van der Waals surface area contributed by atoms with Gasteiger partial charge in [-0.05, 0) is 6.42 Å². The maximum Gasteiger partial charge on any atom is 0.131 e. The fraction of sp³-hybridized carbons (Fsp3) is 0.833. The van der Waals surface area contributed by atoms with Crippen molar-refractivity contribution in [2.45, 2.75) is 38.3 Å². The Kier molecular flexibility index (Phi) is 4.66. The van der Waals surface area contributed by atoms with E-state index in [1.54, 1.807) is 18.4 Å². The maximum atomic E-state index is 5.47. The average Bonchev–Trinajstić information content (AvgIpc) is 2.96. The van der Waals surface area contributed by atoms with Crippen molar-refractivity contribution < 1.29 is 9.47 Å². The van der Waals surface area contributed by atoms with Crippen LogP contribution in [-0.2, 0) is 16.0 Å². The summed E-state index contributed by atoms with van der Waals surface area (Å²) in [6, 6.07) is 0. The molecule has 1 unspecified atom stereocenters. The van der Waals surface area contributed by atoms with Gasteiger partial charge in [0.15, 0.2) is 0 Å². The smallest absolute Gasteiger partial charge is 0.131 e. The molecule has 1 N–H and O–H groups in total. The van der Waals surface area contributed by atoms with Crippen molar-refractivity contribution in [2.24, 2.45) is 0 Å². The van der Waals surface area contributed by atoms with Crippen LogP contribution in [0.5, 0.6) is 0 Å². The molecule has 0 radical (unpaired) electrons. The van der Waals surface area contributed by atoms with E-state index < -0.39 is 0 Å². The van der Waals surface area contributed by atoms with Crippen molar-refractivity contribution >= 4 is 11.3 Å². The highest BCUT2D eigenvalue weighted by atomic mass is 32.1. The molecule has 0 aromatic carbocycles. The van der Waals surface area contributed by atoms with Crippen molar-refractivity contribution in [2.75, 3.05) is 26.9 Å². The molecule has 18 heavy (non-hydrogen) atoms. The fourth-order valence-corrected chi connectivity index (χ4v) is 2.81. The molecule has 0 amide bonds. The average molecular weight is 271 g/mol. The van der Waals surface area contributed by atoms with Gasteiger partial charge in [-0.2, -0.15) is 0 Å². The SMILES string of the molecule is COCC1(NCc2nnc(C(C)C)s2)CCOC1. The second-order valence-electron chi connectivity index (χ2n) is 5.06. The summed E-state index contributed by atoms with van der Waals surface area (Å²) >= 11 is 1.67. The van der Waals surface area contributed by atoms with Crippen molar-refractivity contribution in [1.29, 1.82) is 0 Å². The van der Waals surface area contributed by atoms with Crippen LogP contribution in [0.1, 0.15) is 36.2 Å². The minimum absolute atomic E-state index is 0.0571. The number of rotatable bonds is 6. The van der Waals surface area contributed by atoms with Crippen molar-refractivity contribution in [1.82, 2.24) is 15.5 Å². The molecular formula is C12H21N3O2S. The molecule has 1 saturated heterocycles. The predicted octanol–water partition coefficient (Wildman–Crippen LogP) is 1.56. The van der Waals surface area contributed by atoms with Crippen LogP contribution >= 0.6 is 11.3 Å². The number of nitrogens with zero attached hydrogens (tertiary/aromatic N) is 2. The molecule has 2 rings (SSSR count). The van der Waals surface area contributed by atoms with Gasteiger partial charge in [0, 0.05) is 19.6 Å². The standard InChI is InChI=1S/C12H21N3O2S/c1-9(2)11-15-14-10(18-11)6-13-12(7-16-3)4-5-17-8-12/h9,13H,4-8H2,1-3H3. The summed E-state index contributed by atoms with van der Waals surface area (Å²) < 4.78 is 10.8. The Hall–Kier alpha value is -0.560. The second-order valence-corrected chi connectivity index (χ2v) is 6.15. The van der Waals surface area contributed by atoms with Crippen LogP contribution in [0, 0.1) is 0 Å². The molecule has 6 heteroatoms. The number of hydrogen-bond acceptors (Lipinski definition) is 6. The summed E-state index contributed by atoms with van der Waals surface area (Å²) in [4.78, 5) is 0. The molecule has 102 valence electrons. The molecule has 1 atom stereocenters. The quantitative estimate of drug-likeness (QED) is 0.851. The van der Waals surface area contributed by atoms with E-state index >= 15 is 0 Å². The van der Waals surface area contributed by atoms with Gasteiger partial charge in [0.1, 0.15) is 10.0 Å². The van der Waals surface area contributed by atoms with Gasteiger partial charge >= 0.3 is 0 Å². The molecule has 1 aliphatic rings. The Morgan fingerprint density at radius 1 is 1.50 bits per heavy atom. The van der Waals surface area contributed by atoms with Crippen molar-refractivity contribution in [3.05, 3.63) is 10.0 Å². The predicted molar refractivity (Wildman–Crippen MR) is 70.9 cm³/mol. The normalized spacial score (nSPS) is 24.0. The molecule has 1 aromatic rings. The topological polar surface area (TPSA) is 56.3 Å². The van der Waals surface area contributed by atoms with E-state index in [1.165, 1.54) is 0 Å². The number of aromatic nitrogens is 2. The van der Waals surface area contributed by atoms with Gasteiger partial charge in [-0.15, -0.1) is 10.2 Å². The minimum atomic E-state index is -0.0571. The lowest BCUT2D eigenvalue weighted by molar-refractivity contribution is 0.0888. The first kappa shape index (κ1) is 13.9. The van der Waals surface area contributed by atoms with Gasteiger partial charge < -0.3 is 14.8 Å². The first-order chi connectivity index (χ1) is 8.65. The molecule has 5 nitrogen and oxygen atoms in total. The summed E-state index contributed by atoms with van der Waals surface area (Å²) in [5.74, 6) is 0.444. The van der Waals surface area contributed by atoms with Crippen LogP contribution < -0.4 is 5.32 Å². The lowest BCUT2D eigenvalue weighted by atomic mass is 10.0. The first-order valence-electron chi connectivity index (χ1n) is 6.29. The Morgan fingerprint density at radius 3 is 2.89 bits per heavy atom. The van der Waals surface area contributed by atoms with E-state index in [9.17, 15) is 0 Å². The minimum Gasteiger partial charge on any atom is -0.383 e. The van der Waals surface area contributed by atoms with Crippen LogP contribution in [0.25, 0.3) is 0 Å². The van der Waals surface area contributed by atoms with E-state index in [0.29, 0.717) is 19.1 Å². The van der Waals surface area contributed by atoms with Crippen LogP contribution in [0.4, 0.5) is 0 Å². The van der Waals surface area contributed by atoms with Crippen LogP contribution in [-0.4, -0.2) is 42.7 Å². The van der Waals surface area contributed by atoms with Crippen LogP contribution in [0.3, 0.4) is 0 Å². The van der Waals surface area contributed by atoms with Crippen LogP contribution in [0.15, 0.2) is 0 Å². The molecule has 1 aliphatic heterocycles. The monoisotopic (exact) mass is 271 g/mol. The Balaban J connectivity index is 1.92. The van der Waals surface area contributed by atoms with Crippen LogP contribution in [0.2, 0.25) is 0 Å². The molecule has 0 bridgehead atoms.